The SMILES string of the molecule is CS(=O)(=O)N(CC(=O)N1CCC2(CC1)OCCO2)c1ccc(F)cc1. The number of rotatable bonds is 4. The summed E-state index contributed by atoms with van der Waals surface area (Å²) in [5, 5.41) is 0. The Kier molecular flexibility index (Phi) is 4.99. The Balaban J connectivity index is 1.68. The van der Waals surface area contributed by atoms with Crippen molar-refractivity contribution in [3.05, 3.63) is 30.1 Å². The summed E-state index contributed by atoms with van der Waals surface area (Å²) in [7, 11) is -3.67. The lowest BCUT2D eigenvalue weighted by Crippen LogP contribution is -2.50. The van der Waals surface area contributed by atoms with Gasteiger partial charge in [0.05, 0.1) is 25.2 Å². The molecule has 0 radical (unpaired) electrons. The predicted octanol–water partition coefficient (Wildman–Crippen LogP) is 0.957. The Morgan fingerprint density at radius 2 is 1.76 bits per heavy atom. The van der Waals surface area contributed by atoms with E-state index in [2.05, 4.69) is 0 Å². The standard InChI is InChI=1S/C16H21FN2O5S/c1-25(21,22)19(14-4-2-13(17)3-5-14)12-15(20)18-8-6-16(7-9-18)23-10-11-24-16/h2-5H,6-12H2,1H3. The van der Waals surface area contributed by atoms with Crippen LogP contribution in [0.3, 0.4) is 0 Å². The molecule has 0 aromatic heterocycles. The highest BCUT2D eigenvalue weighted by molar-refractivity contribution is 7.92. The number of piperidine rings is 1. The number of likely N-dealkylation sites (tertiary alicyclic amines) is 1. The second kappa shape index (κ2) is 6.89. The third kappa shape index (κ3) is 4.10. The van der Waals surface area contributed by atoms with Crippen molar-refractivity contribution < 1.29 is 27.1 Å². The zero-order valence-electron chi connectivity index (χ0n) is 14.0. The molecule has 25 heavy (non-hydrogen) atoms. The Morgan fingerprint density at radius 1 is 1.20 bits per heavy atom. The van der Waals surface area contributed by atoms with Crippen LogP contribution in [-0.4, -0.2) is 64.1 Å². The van der Waals surface area contributed by atoms with Crippen molar-refractivity contribution in [2.45, 2.75) is 18.6 Å². The van der Waals surface area contributed by atoms with Crippen LogP contribution in [0.5, 0.6) is 0 Å². The average Bonchev–Trinajstić information content (AvgIpc) is 3.01. The van der Waals surface area contributed by atoms with Gasteiger partial charge in [0.1, 0.15) is 12.4 Å². The highest BCUT2D eigenvalue weighted by Crippen LogP contribution is 2.31. The number of ether oxygens (including phenoxy) is 2. The summed E-state index contributed by atoms with van der Waals surface area (Å²) in [5.74, 6) is -1.37. The second-order valence-corrected chi connectivity index (χ2v) is 8.14. The summed E-state index contributed by atoms with van der Waals surface area (Å²) < 4.78 is 49.4. The molecule has 0 bridgehead atoms. The molecule has 1 amide bonds. The van der Waals surface area contributed by atoms with Crippen LogP contribution >= 0.6 is 0 Å². The van der Waals surface area contributed by atoms with Gasteiger partial charge in [-0.05, 0) is 24.3 Å². The van der Waals surface area contributed by atoms with Gasteiger partial charge < -0.3 is 14.4 Å². The van der Waals surface area contributed by atoms with E-state index in [1.54, 1.807) is 4.90 Å². The Labute approximate surface area is 146 Å². The number of anilines is 1. The van der Waals surface area contributed by atoms with Crippen molar-refractivity contribution in [2.75, 3.05) is 43.4 Å². The minimum atomic E-state index is -3.67. The molecule has 0 saturated carbocycles. The first-order chi connectivity index (χ1) is 11.8. The lowest BCUT2D eigenvalue weighted by Gasteiger charge is -2.38. The second-order valence-electron chi connectivity index (χ2n) is 6.23. The molecule has 1 aromatic rings. The number of sulfonamides is 1. The van der Waals surface area contributed by atoms with Gasteiger partial charge in [0, 0.05) is 25.9 Å². The monoisotopic (exact) mass is 372 g/mol. The van der Waals surface area contributed by atoms with Gasteiger partial charge in [-0.15, -0.1) is 0 Å². The number of carbonyl (C=O) groups is 1. The Morgan fingerprint density at radius 3 is 2.28 bits per heavy atom. The molecule has 0 unspecified atom stereocenters. The van der Waals surface area contributed by atoms with E-state index in [4.69, 9.17) is 9.47 Å². The summed E-state index contributed by atoms with van der Waals surface area (Å²) in [6, 6.07) is 5.01. The molecular weight excluding hydrogens is 351 g/mol. The minimum absolute atomic E-state index is 0.258. The Bertz CT molecular complexity index is 721. The molecule has 2 aliphatic rings. The topological polar surface area (TPSA) is 76.2 Å². The first kappa shape index (κ1) is 18.1. The highest BCUT2D eigenvalue weighted by Gasteiger charge is 2.41. The van der Waals surface area contributed by atoms with E-state index in [-0.39, 0.29) is 18.1 Å². The molecule has 0 atom stereocenters. The largest absolute Gasteiger partial charge is 0.347 e. The fourth-order valence-electron chi connectivity index (χ4n) is 3.11. The first-order valence-electron chi connectivity index (χ1n) is 8.08. The van der Waals surface area contributed by atoms with E-state index in [1.807, 2.05) is 0 Å². The van der Waals surface area contributed by atoms with Gasteiger partial charge in [-0.1, -0.05) is 0 Å². The van der Waals surface area contributed by atoms with Gasteiger partial charge in [0.25, 0.3) is 0 Å². The number of hydrogen-bond acceptors (Lipinski definition) is 5. The quantitative estimate of drug-likeness (QED) is 0.787. The van der Waals surface area contributed by atoms with Gasteiger partial charge in [-0.25, -0.2) is 12.8 Å². The summed E-state index contributed by atoms with van der Waals surface area (Å²) in [6.45, 7) is 1.68. The molecule has 1 aromatic carbocycles. The van der Waals surface area contributed by atoms with Gasteiger partial charge in [-0.3, -0.25) is 9.10 Å². The van der Waals surface area contributed by atoms with E-state index in [1.165, 1.54) is 12.1 Å². The lowest BCUT2D eigenvalue weighted by molar-refractivity contribution is -0.187. The lowest BCUT2D eigenvalue weighted by atomic mass is 10.0. The van der Waals surface area contributed by atoms with Gasteiger partial charge in [0.2, 0.25) is 15.9 Å². The molecule has 2 saturated heterocycles. The average molecular weight is 372 g/mol. The summed E-state index contributed by atoms with van der Waals surface area (Å²) >= 11 is 0. The van der Waals surface area contributed by atoms with E-state index >= 15 is 0 Å². The number of benzene rings is 1. The molecule has 2 aliphatic heterocycles. The summed E-state index contributed by atoms with van der Waals surface area (Å²) in [6.07, 6.45) is 2.15. The molecule has 9 heteroatoms. The third-order valence-corrected chi connectivity index (χ3v) is 5.63. The number of halogens is 1. The van der Waals surface area contributed by atoms with Crippen LogP contribution in [0.15, 0.2) is 24.3 Å². The maximum atomic E-state index is 13.1. The van der Waals surface area contributed by atoms with Crippen molar-refractivity contribution in [2.24, 2.45) is 0 Å². The third-order valence-electron chi connectivity index (χ3n) is 4.49. The van der Waals surface area contributed by atoms with Crippen LogP contribution in [0.25, 0.3) is 0 Å². The molecule has 2 fully saturated rings. The summed E-state index contributed by atoms with van der Waals surface area (Å²) in [5.41, 5.74) is 0.258. The van der Waals surface area contributed by atoms with Crippen molar-refractivity contribution in [3.8, 4) is 0 Å². The van der Waals surface area contributed by atoms with Crippen LogP contribution in [0.4, 0.5) is 10.1 Å². The van der Waals surface area contributed by atoms with Gasteiger partial charge in [-0.2, -0.15) is 0 Å². The predicted molar refractivity (Wildman–Crippen MR) is 89.0 cm³/mol. The van der Waals surface area contributed by atoms with Gasteiger partial charge >= 0.3 is 0 Å². The highest BCUT2D eigenvalue weighted by atomic mass is 32.2. The van der Waals surface area contributed by atoms with E-state index in [0.29, 0.717) is 39.1 Å². The Hall–Kier alpha value is -1.71. The van der Waals surface area contributed by atoms with Gasteiger partial charge in [0.15, 0.2) is 5.79 Å². The van der Waals surface area contributed by atoms with Crippen molar-refractivity contribution >= 4 is 21.6 Å². The molecule has 2 heterocycles. The smallest absolute Gasteiger partial charge is 0.243 e. The molecule has 1 spiro atoms. The van der Waals surface area contributed by atoms with Crippen LogP contribution in [0.1, 0.15) is 12.8 Å². The van der Waals surface area contributed by atoms with Crippen LogP contribution < -0.4 is 4.31 Å². The van der Waals surface area contributed by atoms with Crippen molar-refractivity contribution in [1.82, 2.24) is 4.90 Å². The maximum Gasteiger partial charge on any atom is 0.243 e. The molecule has 0 N–H and O–H groups in total. The van der Waals surface area contributed by atoms with Crippen LogP contribution in [-0.2, 0) is 24.3 Å². The normalized spacial score (nSPS) is 20.0. The number of carbonyl (C=O) groups excluding carboxylic acids is 1. The molecular formula is C16H21FN2O5S. The summed E-state index contributed by atoms with van der Waals surface area (Å²) in [4.78, 5) is 14.2. The first-order valence-corrected chi connectivity index (χ1v) is 9.93. The zero-order valence-corrected chi connectivity index (χ0v) is 14.8. The maximum absolute atomic E-state index is 13.1. The zero-order chi connectivity index (χ0) is 18.1. The fraction of sp³-hybridized carbons (Fsp3) is 0.562. The van der Waals surface area contributed by atoms with Crippen LogP contribution in [0.2, 0.25) is 0 Å². The number of hydrogen-bond donors (Lipinski definition) is 0. The molecule has 0 aliphatic carbocycles. The molecule has 7 nitrogen and oxygen atoms in total. The number of nitrogens with zero attached hydrogens (tertiary/aromatic N) is 2. The number of amides is 1. The van der Waals surface area contributed by atoms with Crippen molar-refractivity contribution in [3.63, 3.8) is 0 Å². The van der Waals surface area contributed by atoms with E-state index in [9.17, 15) is 17.6 Å². The van der Waals surface area contributed by atoms with Crippen molar-refractivity contribution in [1.29, 1.82) is 0 Å². The fourth-order valence-corrected chi connectivity index (χ4v) is 3.96. The van der Waals surface area contributed by atoms with Crippen LogP contribution in [0, 0.1) is 5.82 Å². The van der Waals surface area contributed by atoms with E-state index in [0.717, 1.165) is 22.7 Å². The van der Waals surface area contributed by atoms with E-state index < -0.39 is 21.6 Å². The minimum Gasteiger partial charge on any atom is -0.347 e. The molecule has 138 valence electrons. The molecule has 3 rings (SSSR count).